The number of halogens is 2. The number of nitrogens with zero attached hydrogens (tertiary/aromatic N) is 4. The lowest BCUT2D eigenvalue weighted by Gasteiger charge is -2.11. The second-order valence-electron chi connectivity index (χ2n) is 6.13. The molecule has 0 fully saturated rings. The zero-order chi connectivity index (χ0) is 19.7. The van der Waals surface area contributed by atoms with Crippen LogP contribution in [0.15, 0.2) is 24.4 Å². The third-order valence-corrected chi connectivity index (χ3v) is 3.62. The molecule has 0 bridgehead atoms. The molecule has 1 N–H and O–H groups in total. The molecule has 7 nitrogen and oxygen atoms in total. The van der Waals surface area contributed by atoms with Gasteiger partial charge in [0.15, 0.2) is 17.4 Å². The van der Waals surface area contributed by atoms with Crippen molar-refractivity contribution >= 4 is 0 Å². The fourth-order valence-corrected chi connectivity index (χ4v) is 2.28. The number of ether oxygens (including phenoxy) is 2. The number of hydrogen-bond donors (Lipinski definition) is 1. The highest BCUT2D eigenvalue weighted by molar-refractivity contribution is 5.45. The molecule has 9 heteroatoms. The topological polar surface area (TPSA) is 82.3 Å². The summed E-state index contributed by atoms with van der Waals surface area (Å²) in [6, 6.07) is 3.41. The molecule has 1 aromatic carbocycles. The summed E-state index contributed by atoms with van der Waals surface area (Å²) in [7, 11) is 0. The van der Waals surface area contributed by atoms with Crippen molar-refractivity contribution in [3.63, 3.8) is 0 Å². The molecule has 0 saturated carbocycles. The SMILES string of the molecule is Cc1cnc(-n2nc(OC(C)C)c(Oc3c(F)cccc3F)c2C)nc1O. The summed E-state index contributed by atoms with van der Waals surface area (Å²) in [5.41, 5.74) is 0.837. The summed E-state index contributed by atoms with van der Waals surface area (Å²) in [4.78, 5) is 8.08. The quantitative estimate of drug-likeness (QED) is 0.729. The van der Waals surface area contributed by atoms with Crippen LogP contribution in [0.3, 0.4) is 0 Å². The van der Waals surface area contributed by atoms with Crippen molar-refractivity contribution in [1.82, 2.24) is 19.7 Å². The first kappa shape index (κ1) is 18.6. The number of hydrogen-bond acceptors (Lipinski definition) is 6. The van der Waals surface area contributed by atoms with Crippen molar-refractivity contribution in [1.29, 1.82) is 0 Å². The standard InChI is InChI=1S/C18H18F2N4O3/c1-9(2)26-17-14(27-15-12(19)6-5-7-13(15)20)11(4)24(23-17)18-21-8-10(3)16(25)22-18/h5-9H,1-4H3,(H,21,22,25). The Morgan fingerprint density at radius 2 is 1.78 bits per heavy atom. The van der Waals surface area contributed by atoms with E-state index < -0.39 is 17.4 Å². The average Bonchev–Trinajstić information content (AvgIpc) is 2.89. The highest BCUT2D eigenvalue weighted by Gasteiger charge is 2.24. The maximum absolute atomic E-state index is 14.0. The predicted octanol–water partition coefficient (Wildman–Crippen LogP) is 3.84. The number of aryl methyl sites for hydroxylation is 1. The first-order valence-corrected chi connectivity index (χ1v) is 8.19. The summed E-state index contributed by atoms with van der Waals surface area (Å²) in [6.45, 7) is 6.80. The minimum Gasteiger partial charge on any atom is -0.493 e. The van der Waals surface area contributed by atoms with Gasteiger partial charge in [-0.15, -0.1) is 5.10 Å². The van der Waals surface area contributed by atoms with E-state index in [9.17, 15) is 13.9 Å². The number of aromatic hydroxyl groups is 1. The van der Waals surface area contributed by atoms with E-state index in [1.54, 1.807) is 27.7 Å². The summed E-state index contributed by atoms with van der Waals surface area (Å²) >= 11 is 0. The van der Waals surface area contributed by atoms with Gasteiger partial charge in [0.2, 0.25) is 11.6 Å². The Kier molecular flexibility index (Phi) is 4.93. The summed E-state index contributed by atoms with van der Waals surface area (Å²) in [5, 5.41) is 14.1. The van der Waals surface area contributed by atoms with Crippen LogP contribution in [0.4, 0.5) is 8.78 Å². The van der Waals surface area contributed by atoms with Gasteiger partial charge in [0, 0.05) is 11.8 Å². The van der Waals surface area contributed by atoms with Gasteiger partial charge in [0.1, 0.15) is 0 Å². The Balaban J connectivity index is 2.11. The van der Waals surface area contributed by atoms with Crippen LogP contribution in [-0.4, -0.2) is 31.0 Å². The highest BCUT2D eigenvalue weighted by Crippen LogP contribution is 2.37. The largest absolute Gasteiger partial charge is 0.493 e. The lowest BCUT2D eigenvalue weighted by atomic mass is 10.3. The molecular weight excluding hydrogens is 358 g/mol. The number of rotatable bonds is 5. The Labute approximate surface area is 154 Å². The summed E-state index contributed by atoms with van der Waals surface area (Å²) < 4.78 is 40.4. The number of benzene rings is 1. The molecule has 0 aliphatic heterocycles. The van der Waals surface area contributed by atoms with E-state index in [-0.39, 0.29) is 29.6 Å². The van der Waals surface area contributed by atoms with Crippen LogP contribution in [0.1, 0.15) is 25.1 Å². The lowest BCUT2D eigenvalue weighted by Crippen LogP contribution is -2.08. The molecule has 0 amide bonds. The van der Waals surface area contributed by atoms with Crippen LogP contribution >= 0.6 is 0 Å². The van der Waals surface area contributed by atoms with Gasteiger partial charge >= 0.3 is 0 Å². The van der Waals surface area contributed by atoms with Crippen LogP contribution < -0.4 is 9.47 Å². The van der Waals surface area contributed by atoms with E-state index in [1.807, 2.05) is 0 Å². The van der Waals surface area contributed by atoms with Crippen molar-refractivity contribution in [3.05, 3.63) is 47.3 Å². The van der Waals surface area contributed by atoms with Gasteiger partial charge in [-0.1, -0.05) is 6.07 Å². The zero-order valence-corrected chi connectivity index (χ0v) is 15.2. The average molecular weight is 376 g/mol. The van der Waals surface area contributed by atoms with Crippen molar-refractivity contribution in [2.75, 3.05) is 0 Å². The van der Waals surface area contributed by atoms with Gasteiger partial charge in [0.25, 0.3) is 11.8 Å². The molecular formula is C18H18F2N4O3. The first-order chi connectivity index (χ1) is 12.8. The maximum atomic E-state index is 14.0. The molecule has 0 aliphatic rings. The fraction of sp³-hybridized carbons (Fsp3) is 0.278. The van der Waals surface area contributed by atoms with Gasteiger partial charge in [0.05, 0.1) is 11.8 Å². The fourth-order valence-electron chi connectivity index (χ4n) is 2.28. The minimum atomic E-state index is -0.859. The van der Waals surface area contributed by atoms with Crippen LogP contribution in [0.25, 0.3) is 5.95 Å². The Morgan fingerprint density at radius 3 is 2.37 bits per heavy atom. The molecule has 0 unspecified atom stereocenters. The molecule has 27 heavy (non-hydrogen) atoms. The minimum absolute atomic E-state index is 0.0221. The van der Waals surface area contributed by atoms with Crippen molar-refractivity contribution in [2.45, 2.75) is 33.8 Å². The van der Waals surface area contributed by atoms with E-state index in [4.69, 9.17) is 9.47 Å². The summed E-state index contributed by atoms with van der Waals surface area (Å²) in [6.07, 6.45) is 1.16. The van der Waals surface area contributed by atoms with Gasteiger partial charge in [-0.25, -0.2) is 13.8 Å². The molecule has 142 valence electrons. The molecule has 0 spiro atoms. The molecule has 0 saturated heterocycles. The van der Waals surface area contributed by atoms with Gasteiger partial charge in [-0.2, -0.15) is 9.67 Å². The van der Waals surface area contributed by atoms with Crippen molar-refractivity contribution in [2.24, 2.45) is 0 Å². The first-order valence-electron chi connectivity index (χ1n) is 8.19. The lowest BCUT2D eigenvalue weighted by molar-refractivity contribution is 0.222. The maximum Gasteiger partial charge on any atom is 0.277 e. The third-order valence-electron chi connectivity index (χ3n) is 3.62. The van der Waals surface area contributed by atoms with E-state index >= 15 is 0 Å². The van der Waals surface area contributed by atoms with Crippen LogP contribution in [0.5, 0.6) is 23.3 Å². The molecule has 0 aliphatic carbocycles. The molecule has 3 aromatic rings. The van der Waals surface area contributed by atoms with E-state index in [0.29, 0.717) is 11.3 Å². The highest BCUT2D eigenvalue weighted by atomic mass is 19.1. The smallest absolute Gasteiger partial charge is 0.277 e. The van der Waals surface area contributed by atoms with E-state index in [0.717, 1.165) is 12.1 Å². The monoisotopic (exact) mass is 376 g/mol. The van der Waals surface area contributed by atoms with Crippen molar-refractivity contribution in [3.8, 4) is 29.2 Å². The molecule has 0 atom stereocenters. The molecule has 3 rings (SSSR count). The number of aromatic nitrogens is 4. The van der Waals surface area contributed by atoms with E-state index in [2.05, 4.69) is 15.1 Å². The van der Waals surface area contributed by atoms with Crippen LogP contribution in [0.2, 0.25) is 0 Å². The molecule has 2 heterocycles. The van der Waals surface area contributed by atoms with Crippen LogP contribution in [0, 0.1) is 25.5 Å². The van der Waals surface area contributed by atoms with Gasteiger partial charge < -0.3 is 14.6 Å². The summed E-state index contributed by atoms with van der Waals surface area (Å²) in [5.74, 6) is -2.38. The van der Waals surface area contributed by atoms with E-state index in [1.165, 1.54) is 16.9 Å². The normalized spacial score (nSPS) is 11.1. The second-order valence-corrected chi connectivity index (χ2v) is 6.13. The molecule has 2 aromatic heterocycles. The Hall–Kier alpha value is -3.23. The molecule has 0 radical (unpaired) electrons. The van der Waals surface area contributed by atoms with Gasteiger partial charge in [-0.3, -0.25) is 0 Å². The van der Waals surface area contributed by atoms with Gasteiger partial charge in [-0.05, 0) is 39.8 Å². The third kappa shape index (κ3) is 3.67. The van der Waals surface area contributed by atoms with Crippen molar-refractivity contribution < 1.29 is 23.4 Å². The zero-order valence-electron chi connectivity index (χ0n) is 15.2. The number of para-hydroxylation sites is 1. The Bertz CT molecular complexity index is 969. The second kappa shape index (κ2) is 7.18. The Morgan fingerprint density at radius 1 is 1.11 bits per heavy atom. The van der Waals surface area contributed by atoms with Crippen LogP contribution in [-0.2, 0) is 0 Å². The predicted molar refractivity (Wildman–Crippen MR) is 92.5 cm³/mol.